The zero-order valence-corrected chi connectivity index (χ0v) is 17.8. The zero-order valence-electron chi connectivity index (χ0n) is 16.9. The van der Waals surface area contributed by atoms with E-state index in [0.717, 1.165) is 10.5 Å². The van der Waals surface area contributed by atoms with Crippen molar-refractivity contribution < 1.29 is 35.5 Å². The van der Waals surface area contributed by atoms with Crippen molar-refractivity contribution >= 4 is 27.9 Å². The second-order valence-electron chi connectivity index (χ2n) is 6.96. The Bertz CT molecular complexity index is 963. The number of halogens is 4. The second-order valence-corrected chi connectivity index (χ2v) is 8.96. The lowest BCUT2D eigenvalue weighted by Gasteiger charge is -2.36. The van der Waals surface area contributed by atoms with E-state index in [1.165, 1.54) is 7.05 Å². The van der Waals surface area contributed by atoms with E-state index >= 15 is 0 Å². The highest BCUT2D eigenvalue weighted by atomic mass is 32.2. The van der Waals surface area contributed by atoms with Crippen LogP contribution in [0.4, 0.5) is 17.6 Å². The number of sulfonamides is 1. The fraction of sp³-hybridized carbons (Fsp3) is 0.526. The Morgan fingerprint density at radius 3 is 2.61 bits per heavy atom. The summed E-state index contributed by atoms with van der Waals surface area (Å²) in [5.41, 5.74) is -0.986. The Kier molecular flexibility index (Phi) is 7.93. The van der Waals surface area contributed by atoms with Crippen LogP contribution in [0, 0.1) is 17.1 Å². The van der Waals surface area contributed by atoms with E-state index in [4.69, 9.17) is 10.1 Å². The predicted octanol–water partition coefficient (Wildman–Crippen LogP) is 3.29. The molecule has 1 N–H and O–H groups in total. The summed E-state index contributed by atoms with van der Waals surface area (Å²) in [5, 5.41) is 7.73. The van der Waals surface area contributed by atoms with Gasteiger partial charge in [0.15, 0.2) is 0 Å². The standard InChI is InChI=1S/C19H23F4N3O4S/c1-3-30-18(27)11-25-16-5-4-6-17(15(16)10-24)26(2)31(28,29)14-8-12(19(21,22)23)7-13(20)9-14/h7-10,15,17,24H,3-6,11H2,1-2H3. The normalized spacial score (nSPS) is 21.3. The molecule has 7 nitrogen and oxygen atoms in total. The van der Waals surface area contributed by atoms with Crippen LogP contribution in [0.1, 0.15) is 31.7 Å². The van der Waals surface area contributed by atoms with Crippen LogP contribution in [0.15, 0.2) is 28.1 Å². The van der Waals surface area contributed by atoms with Crippen LogP contribution >= 0.6 is 0 Å². The molecule has 1 saturated carbocycles. The van der Waals surface area contributed by atoms with Crippen molar-refractivity contribution in [2.45, 2.75) is 43.3 Å². The molecule has 0 saturated heterocycles. The van der Waals surface area contributed by atoms with Crippen molar-refractivity contribution in [3.05, 3.63) is 29.6 Å². The molecule has 0 radical (unpaired) electrons. The van der Waals surface area contributed by atoms with Crippen molar-refractivity contribution in [2.24, 2.45) is 10.9 Å². The Morgan fingerprint density at radius 2 is 2.03 bits per heavy atom. The third kappa shape index (κ3) is 5.88. The van der Waals surface area contributed by atoms with E-state index in [-0.39, 0.29) is 19.2 Å². The molecule has 1 fully saturated rings. The summed E-state index contributed by atoms with van der Waals surface area (Å²) < 4.78 is 84.4. The van der Waals surface area contributed by atoms with Crippen LogP contribution < -0.4 is 0 Å². The molecule has 2 unspecified atom stereocenters. The molecule has 0 aromatic heterocycles. The summed E-state index contributed by atoms with van der Waals surface area (Å²) in [5.74, 6) is -2.68. The monoisotopic (exact) mass is 465 g/mol. The van der Waals surface area contributed by atoms with Crippen molar-refractivity contribution in [1.82, 2.24) is 4.31 Å². The molecule has 172 valence electrons. The van der Waals surface area contributed by atoms with Gasteiger partial charge in [0.2, 0.25) is 10.0 Å². The maximum absolute atomic E-state index is 13.8. The number of carbonyl (C=O) groups excluding carboxylic acids is 1. The second kappa shape index (κ2) is 9.86. The Labute approximate surface area is 177 Å². The van der Waals surface area contributed by atoms with Gasteiger partial charge in [-0.15, -0.1) is 0 Å². The molecular formula is C19H23F4N3O4S. The summed E-state index contributed by atoms with van der Waals surface area (Å²) in [6.07, 6.45) is -2.68. The summed E-state index contributed by atoms with van der Waals surface area (Å²) >= 11 is 0. The number of nitrogens with zero attached hydrogens (tertiary/aromatic N) is 2. The first-order chi connectivity index (χ1) is 14.4. The number of alkyl halides is 3. The lowest BCUT2D eigenvalue weighted by Crippen LogP contribution is -2.47. The highest BCUT2D eigenvalue weighted by molar-refractivity contribution is 7.89. The molecule has 12 heteroatoms. The van der Waals surface area contributed by atoms with Crippen LogP contribution in [0.25, 0.3) is 0 Å². The topological polar surface area (TPSA) is 99.9 Å². The molecule has 2 atom stereocenters. The molecule has 0 aliphatic heterocycles. The molecule has 1 aliphatic carbocycles. The zero-order chi connectivity index (χ0) is 23.4. The third-order valence-electron chi connectivity index (χ3n) is 4.97. The minimum absolute atomic E-state index is 0.175. The maximum Gasteiger partial charge on any atom is 0.416 e. The van der Waals surface area contributed by atoms with Crippen LogP contribution in [0.5, 0.6) is 0 Å². The van der Waals surface area contributed by atoms with E-state index in [1.807, 2.05) is 0 Å². The highest BCUT2D eigenvalue weighted by Gasteiger charge is 2.39. The summed E-state index contributed by atoms with van der Waals surface area (Å²) in [7, 11) is -3.34. The van der Waals surface area contributed by atoms with Crippen LogP contribution in [0.3, 0.4) is 0 Å². The van der Waals surface area contributed by atoms with Crippen LogP contribution in [0.2, 0.25) is 0 Å². The Hall–Kier alpha value is -2.34. The van der Waals surface area contributed by atoms with Crippen molar-refractivity contribution in [3.63, 3.8) is 0 Å². The van der Waals surface area contributed by atoms with E-state index in [2.05, 4.69) is 4.99 Å². The van der Waals surface area contributed by atoms with Gasteiger partial charge in [0, 0.05) is 30.9 Å². The van der Waals surface area contributed by atoms with Gasteiger partial charge in [-0.1, -0.05) is 0 Å². The number of nitrogens with one attached hydrogen (secondary N) is 1. The number of hydrogen-bond donors (Lipinski definition) is 1. The quantitative estimate of drug-likeness (QED) is 0.379. The van der Waals surface area contributed by atoms with Gasteiger partial charge in [-0.2, -0.15) is 17.5 Å². The molecule has 0 bridgehead atoms. The van der Waals surface area contributed by atoms with Gasteiger partial charge >= 0.3 is 12.1 Å². The molecule has 1 aromatic carbocycles. The smallest absolute Gasteiger partial charge is 0.416 e. The SMILES string of the molecule is CCOC(=O)CN=C1CCCC(N(C)S(=O)(=O)c2cc(F)cc(C(F)(F)F)c2)C1C=N. The Balaban J connectivity index is 2.36. The first-order valence-corrected chi connectivity index (χ1v) is 10.9. The summed E-state index contributed by atoms with van der Waals surface area (Å²) in [6, 6.07) is 0.307. The number of ether oxygens (including phenoxy) is 1. The van der Waals surface area contributed by atoms with E-state index in [9.17, 15) is 30.8 Å². The van der Waals surface area contributed by atoms with E-state index in [0.29, 0.717) is 37.1 Å². The predicted molar refractivity (Wildman–Crippen MR) is 105 cm³/mol. The van der Waals surface area contributed by atoms with Crippen LogP contribution in [-0.4, -0.2) is 56.9 Å². The van der Waals surface area contributed by atoms with Gasteiger partial charge in [-0.05, 0) is 44.4 Å². The van der Waals surface area contributed by atoms with Gasteiger partial charge in [-0.25, -0.2) is 12.8 Å². The minimum atomic E-state index is -4.92. The largest absolute Gasteiger partial charge is 0.465 e. The first-order valence-electron chi connectivity index (χ1n) is 9.47. The fourth-order valence-corrected chi connectivity index (χ4v) is 4.92. The van der Waals surface area contributed by atoms with Crippen molar-refractivity contribution in [3.8, 4) is 0 Å². The first kappa shape index (κ1) is 24.9. The van der Waals surface area contributed by atoms with E-state index in [1.54, 1.807) is 6.92 Å². The lowest BCUT2D eigenvalue weighted by molar-refractivity contribution is -0.141. The van der Waals surface area contributed by atoms with Crippen LogP contribution in [-0.2, 0) is 25.7 Å². The van der Waals surface area contributed by atoms with Gasteiger partial charge in [-0.3, -0.25) is 9.79 Å². The molecule has 31 heavy (non-hydrogen) atoms. The summed E-state index contributed by atoms with van der Waals surface area (Å²) in [4.78, 5) is 14.9. The molecule has 0 amide bonds. The Morgan fingerprint density at radius 1 is 1.35 bits per heavy atom. The van der Waals surface area contributed by atoms with E-state index < -0.39 is 50.4 Å². The van der Waals surface area contributed by atoms with Gasteiger partial charge in [0.25, 0.3) is 0 Å². The molecule has 2 rings (SSSR count). The highest BCUT2D eigenvalue weighted by Crippen LogP contribution is 2.34. The number of hydrogen-bond acceptors (Lipinski definition) is 6. The van der Waals surface area contributed by atoms with Gasteiger partial charge < -0.3 is 10.1 Å². The number of aliphatic imine (C=N–C) groups is 1. The molecule has 0 heterocycles. The maximum atomic E-state index is 13.8. The number of esters is 1. The number of benzene rings is 1. The van der Waals surface area contributed by atoms with Crippen molar-refractivity contribution in [2.75, 3.05) is 20.2 Å². The number of rotatable bonds is 7. The number of carbonyl (C=O) groups is 1. The van der Waals surface area contributed by atoms with Gasteiger partial charge in [0.1, 0.15) is 12.4 Å². The molecular weight excluding hydrogens is 442 g/mol. The summed E-state index contributed by atoms with van der Waals surface area (Å²) in [6.45, 7) is 1.53. The molecule has 1 aromatic rings. The lowest BCUT2D eigenvalue weighted by atomic mass is 9.83. The fourth-order valence-electron chi connectivity index (χ4n) is 3.45. The molecule has 1 aliphatic rings. The average molecular weight is 465 g/mol. The third-order valence-corrected chi connectivity index (χ3v) is 6.83. The molecule has 0 spiro atoms. The minimum Gasteiger partial charge on any atom is -0.465 e. The van der Waals surface area contributed by atoms with Gasteiger partial charge in [0.05, 0.1) is 17.1 Å². The average Bonchev–Trinajstić information content (AvgIpc) is 2.70. The van der Waals surface area contributed by atoms with Crippen molar-refractivity contribution in [1.29, 1.82) is 5.41 Å².